The molecular weight excluding hydrogens is 264 g/mol. The van der Waals surface area contributed by atoms with Crippen molar-refractivity contribution in [2.75, 3.05) is 0 Å². The van der Waals surface area contributed by atoms with Gasteiger partial charge in [0.05, 0.1) is 0 Å². The molecule has 0 aliphatic heterocycles. The summed E-state index contributed by atoms with van der Waals surface area (Å²) in [5.41, 5.74) is 6.38. The van der Waals surface area contributed by atoms with Crippen molar-refractivity contribution >= 4 is 22.9 Å². The molecule has 0 amide bonds. The van der Waals surface area contributed by atoms with Gasteiger partial charge in [-0.3, -0.25) is 11.3 Å². The molecule has 2 aromatic rings. The molecule has 4 heteroatoms. The predicted molar refractivity (Wildman–Crippen MR) is 78.9 cm³/mol. The smallest absolute Gasteiger partial charge is 0.0483 e. The van der Waals surface area contributed by atoms with Gasteiger partial charge in [0.15, 0.2) is 0 Å². The zero-order chi connectivity index (χ0) is 13.0. The van der Waals surface area contributed by atoms with Gasteiger partial charge in [-0.25, -0.2) is 0 Å². The molecule has 0 fully saturated rings. The van der Waals surface area contributed by atoms with Crippen molar-refractivity contribution < 1.29 is 0 Å². The Bertz CT molecular complexity index is 497. The zero-order valence-corrected chi connectivity index (χ0v) is 11.9. The Morgan fingerprint density at radius 1 is 1.39 bits per heavy atom. The molecule has 3 N–H and O–H groups in total. The molecule has 0 spiro atoms. The first kappa shape index (κ1) is 13.6. The lowest BCUT2D eigenvalue weighted by molar-refractivity contribution is 0.516. The second-order valence-corrected chi connectivity index (χ2v) is 5.53. The summed E-state index contributed by atoms with van der Waals surface area (Å²) < 4.78 is 0. The Morgan fingerprint density at radius 2 is 2.22 bits per heavy atom. The predicted octanol–water partition coefficient (Wildman–Crippen LogP) is 3.85. The van der Waals surface area contributed by atoms with E-state index in [1.165, 1.54) is 5.56 Å². The van der Waals surface area contributed by atoms with Gasteiger partial charge in [-0.05, 0) is 53.3 Å². The van der Waals surface area contributed by atoms with E-state index in [9.17, 15) is 0 Å². The Labute approximate surface area is 117 Å². The van der Waals surface area contributed by atoms with Gasteiger partial charge >= 0.3 is 0 Å². The third-order valence-electron chi connectivity index (χ3n) is 3.10. The number of halogens is 1. The molecule has 1 heterocycles. The molecule has 2 rings (SSSR count). The van der Waals surface area contributed by atoms with Crippen LogP contribution in [0.25, 0.3) is 0 Å². The zero-order valence-electron chi connectivity index (χ0n) is 10.3. The molecule has 0 saturated heterocycles. The first-order valence-corrected chi connectivity index (χ1v) is 7.26. The number of nitrogens with one attached hydrogen (secondary N) is 1. The first-order valence-electron chi connectivity index (χ1n) is 5.94. The molecule has 0 bridgehead atoms. The average Bonchev–Trinajstić information content (AvgIpc) is 2.88. The summed E-state index contributed by atoms with van der Waals surface area (Å²) in [6.45, 7) is 2.01. The van der Waals surface area contributed by atoms with Gasteiger partial charge in [-0.2, -0.15) is 11.3 Å². The van der Waals surface area contributed by atoms with E-state index in [0.717, 1.165) is 29.0 Å². The van der Waals surface area contributed by atoms with E-state index in [1.807, 2.05) is 25.1 Å². The molecule has 0 aliphatic carbocycles. The van der Waals surface area contributed by atoms with Gasteiger partial charge in [0, 0.05) is 11.1 Å². The normalized spacial score (nSPS) is 12.6. The average molecular weight is 281 g/mol. The fourth-order valence-electron chi connectivity index (χ4n) is 2.01. The van der Waals surface area contributed by atoms with Crippen LogP contribution in [0.2, 0.25) is 5.02 Å². The SMILES string of the molecule is Cc1cccc(C(CCc2ccsc2)NN)c1Cl. The summed E-state index contributed by atoms with van der Waals surface area (Å²) >= 11 is 8.06. The number of aryl methyl sites for hydroxylation is 2. The summed E-state index contributed by atoms with van der Waals surface area (Å²) in [4.78, 5) is 0. The molecule has 1 aromatic carbocycles. The minimum Gasteiger partial charge on any atom is -0.271 e. The van der Waals surface area contributed by atoms with Crippen molar-refractivity contribution in [3.05, 3.63) is 56.7 Å². The number of hydrogen-bond donors (Lipinski definition) is 2. The summed E-state index contributed by atoms with van der Waals surface area (Å²) in [6.07, 6.45) is 1.94. The second kappa shape index (κ2) is 6.34. The molecular formula is C14H17ClN2S. The Balaban J connectivity index is 2.10. The number of benzene rings is 1. The van der Waals surface area contributed by atoms with E-state index >= 15 is 0 Å². The molecule has 1 atom stereocenters. The van der Waals surface area contributed by atoms with Crippen LogP contribution in [0.5, 0.6) is 0 Å². The number of nitrogens with two attached hydrogens (primary N) is 1. The monoisotopic (exact) mass is 280 g/mol. The molecule has 18 heavy (non-hydrogen) atoms. The lowest BCUT2D eigenvalue weighted by Gasteiger charge is -2.18. The maximum absolute atomic E-state index is 6.33. The van der Waals surface area contributed by atoms with Crippen molar-refractivity contribution in [2.24, 2.45) is 5.84 Å². The van der Waals surface area contributed by atoms with Crippen LogP contribution in [0, 0.1) is 6.92 Å². The third-order valence-corrected chi connectivity index (χ3v) is 4.35. The van der Waals surface area contributed by atoms with Crippen molar-refractivity contribution in [3.63, 3.8) is 0 Å². The van der Waals surface area contributed by atoms with E-state index in [-0.39, 0.29) is 6.04 Å². The Kier molecular flexibility index (Phi) is 4.78. The Hall–Kier alpha value is -0.870. The van der Waals surface area contributed by atoms with Crippen LogP contribution in [0.4, 0.5) is 0 Å². The quantitative estimate of drug-likeness (QED) is 0.645. The Morgan fingerprint density at radius 3 is 2.89 bits per heavy atom. The summed E-state index contributed by atoms with van der Waals surface area (Å²) in [7, 11) is 0. The van der Waals surface area contributed by atoms with Crippen molar-refractivity contribution in [3.8, 4) is 0 Å². The molecule has 2 nitrogen and oxygen atoms in total. The summed E-state index contributed by atoms with van der Waals surface area (Å²) in [6, 6.07) is 8.31. The van der Waals surface area contributed by atoms with Crippen LogP contribution in [-0.2, 0) is 6.42 Å². The molecule has 96 valence electrons. The lowest BCUT2D eigenvalue weighted by Crippen LogP contribution is -2.28. The number of rotatable bonds is 5. The maximum Gasteiger partial charge on any atom is 0.0483 e. The van der Waals surface area contributed by atoms with E-state index in [0.29, 0.717) is 0 Å². The van der Waals surface area contributed by atoms with Crippen LogP contribution in [-0.4, -0.2) is 0 Å². The highest BCUT2D eigenvalue weighted by molar-refractivity contribution is 7.07. The van der Waals surface area contributed by atoms with Gasteiger partial charge < -0.3 is 0 Å². The van der Waals surface area contributed by atoms with Crippen molar-refractivity contribution in [2.45, 2.75) is 25.8 Å². The van der Waals surface area contributed by atoms with Crippen LogP contribution in [0.15, 0.2) is 35.0 Å². The highest BCUT2D eigenvalue weighted by Gasteiger charge is 2.14. The maximum atomic E-state index is 6.33. The van der Waals surface area contributed by atoms with E-state index in [4.69, 9.17) is 17.4 Å². The summed E-state index contributed by atoms with van der Waals surface area (Å²) in [5, 5.41) is 5.08. The van der Waals surface area contributed by atoms with Gasteiger partial charge in [0.1, 0.15) is 0 Å². The van der Waals surface area contributed by atoms with E-state index in [1.54, 1.807) is 11.3 Å². The first-order chi connectivity index (χ1) is 8.72. The molecule has 1 unspecified atom stereocenters. The largest absolute Gasteiger partial charge is 0.271 e. The molecule has 0 radical (unpaired) electrons. The molecule has 0 aliphatic rings. The highest BCUT2D eigenvalue weighted by Crippen LogP contribution is 2.28. The summed E-state index contributed by atoms with van der Waals surface area (Å²) in [5.74, 6) is 5.66. The second-order valence-electron chi connectivity index (χ2n) is 4.37. The molecule has 1 aromatic heterocycles. The third kappa shape index (κ3) is 3.12. The van der Waals surface area contributed by atoms with E-state index < -0.39 is 0 Å². The van der Waals surface area contributed by atoms with Crippen molar-refractivity contribution in [1.29, 1.82) is 0 Å². The van der Waals surface area contributed by atoms with Crippen molar-refractivity contribution in [1.82, 2.24) is 5.43 Å². The van der Waals surface area contributed by atoms with Gasteiger partial charge in [0.2, 0.25) is 0 Å². The van der Waals surface area contributed by atoms with Crippen LogP contribution < -0.4 is 11.3 Å². The fourth-order valence-corrected chi connectivity index (χ4v) is 2.97. The lowest BCUT2D eigenvalue weighted by atomic mass is 9.99. The minimum atomic E-state index is 0.0947. The van der Waals surface area contributed by atoms with Gasteiger partial charge in [-0.15, -0.1) is 0 Å². The standard InChI is InChI=1S/C14H17ClN2S/c1-10-3-2-4-12(14(10)15)13(17-16)6-5-11-7-8-18-9-11/h2-4,7-9,13,17H,5-6,16H2,1H3. The van der Waals surface area contributed by atoms with E-state index in [2.05, 4.69) is 22.3 Å². The van der Waals surface area contributed by atoms with Crippen LogP contribution in [0.3, 0.4) is 0 Å². The van der Waals surface area contributed by atoms with Gasteiger partial charge in [-0.1, -0.05) is 29.8 Å². The topological polar surface area (TPSA) is 38.0 Å². The fraction of sp³-hybridized carbons (Fsp3) is 0.286. The number of hydrogen-bond acceptors (Lipinski definition) is 3. The minimum absolute atomic E-state index is 0.0947. The van der Waals surface area contributed by atoms with Gasteiger partial charge in [0.25, 0.3) is 0 Å². The van der Waals surface area contributed by atoms with Crippen LogP contribution >= 0.6 is 22.9 Å². The number of thiophene rings is 1. The van der Waals surface area contributed by atoms with Crippen LogP contribution in [0.1, 0.15) is 29.2 Å². The number of hydrazine groups is 1. The molecule has 0 saturated carbocycles. The highest BCUT2D eigenvalue weighted by atomic mass is 35.5.